The summed E-state index contributed by atoms with van der Waals surface area (Å²) in [6, 6.07) is 12.8. The quantitative estimate of drug-likeness (QED) is 0.672. The predicted octanol–water partition coefficient (Wildman–Crippen LogP) is 4.94. The minimum Gasteiger partial charge on any atom is -0.323 e. The molecule has 1 N–H and O–H groups in total. The molecule has 1 unspecified atom stereocenters. The van der Waals surface area contributed by atoms with Crippen molar-refractivity contribution in [2.75, 3.05) is 5.32 Å². The molecular weight excluding hydrogens is 342 g/mol. The highest BCUT2D eigenvalue weighted by atomic mass is 32.2. The van der Waals surface area contributed by atoms with Crippen LogP contribution in [-0.2, 0) is 4.79 Å². The zero-order valence-corrected chi connectivity index (χ0v) is 14.5. The Bertz CT molecular complexity index is 946. The van der Waals surface area contributed by atoms with Gasteiger partial charge in [0.15, 0.2) is 0 Å². The summed E-state index contributed by atoms with van der Waals surface area (Å²) >= 11 is 1.29. The van der Waals surface area contributed by atoms with E-state index in [-0.39, 0.29) is 11.6 Å². The van der Waals surface area contributed by atoms with Gasteiger partial charge >= 0.3 is 0 Å². The van der Waals surface area contributed by atoms with Crippen molar-refractivity contribution < 1.29 is 13.6 Å². The molecule has 1 aromatic heterocycles. The lowest BCUT2D eigenvalue weighted by atomic mass is 10.1. The number of halogens is 2. The molecule has 128 valence electrons. The Morgan fingerprint density at radius 3 is 2.68 bits per heavy atom. The van der Waals surface area contributed by atoms with Crippen molar-refractivity contribution in [1.29, 1.82) is 0 Å². The van der Waals surface area contributed by atoms with Gasteiger partial charge in [-0.2, -0.15) is 0 Å². The van der Waals surface area contributed by atoms with E-state index in [1.807, 2.05) is 37.3 Å². The molecule has 6 heteroatoms. The number of carbonyl (C=O) groups is 1. The van der Waals surface area contributed by atoms with Gasteiger partial charge in [-0.25, -0.2) is 13.8 Å². The molecule has 0 aliphatic rings. The number of thioether (sulfide) groups is 1. The molecule has 1 heterocycles. The number of pyridine rings is 1. The molecule has 3 nitrogen and oxygen atoms in total. The third-order valence-corrected chi connectivity index (χ3v) is 4.77. The van der Waals surface area contributed by atoms with Crippen LogP contribution in [0.2, 0.25) is 0 Å². The molecule has 0 aliphatic heterocycles. The molecule has 1 amide bonds. The van der Waals surface area contributed by atoms with Crippen LogP contribution in [0.1, 0.15) is 12.5 Å². The molecule has 0 aliphatic carbocycles. The standard InChI is InChI=1S/C19H16F2N2OS/c1-11-9-18(22-16-6-4-3-5-14(11)16)25-12(2)19(24)23-17-8-7-13(20)10-15(17)21/h3-10,12H,1-2H3,(H,23,24). The summed E-state index contributed by atoms with van der Waals surface area (Å²) in [6.07, 6.45) is 0. The number of rotatable bonds is 4. The van der Waals surface area contributed by atoms with Gasteiger partial charge in [0, 0.05) is 11.5 Å². The Labute approximate surface area is 148 Å². The van der Waals surface area contributed by atoms with Gasteiger partial charge in [-0.1, -0.05) is 30.0 Å². The smallest absolute Gasteiger partial charge is 0.237 e. The van der Waals surface area contributed by atoms with E-state index in [1.165, 1.54) is 17.8 Å². The maximum atomic E-state index is 13.7. The summed E-state index contributed by atoms with van der Waals surface area (Å²) in [5, 5.41) is 3.78. The lowest BCUT2D eigenvalue weighted by molar-refractivity contribution is -0.115. The number of aromatic nitrogens is 1. The number of hydrogen-bond donors (Lipinski definition) is 1. The van der Waals surface area contributed by atoms with Crippen molar-refractivity contribution in [2.45, 2.75) is 24.1 Å². The van der Waals surface area contributed by atoms with Crippen LogP contribution in [0.15, 0.2) is 53.6 Å². The summed E-state index contributed by atoms with van der Waals surface area (Å²) in [6.45, 7) is 3.71. The molecule has 0 bridgehead atoms. The van der Waals surface area contributed by atoms with Gasteiger partial charge < -0.3 is 5.32 Å². The van der Waals surface area contributed by atoms with Gasteiger partial charge in [-0.15, -0.1) is 0 Å². The maximum absolute atomic E-state index is 13.7. The van der Waals surface area contributed by atoms with Gasteiger partial charge in [0.25, 0.3) is 0 Å². The summed E-state index contributed by atoms with van der Waals surface area (Å²) in [4.78, 5) is 16.8. The Hall–Kier alpha value is -2.47. The highest BCUT2D eigenvalue weighted by Gasteiger charge is 2.17. The topological polar surface area (TPSA) is 42.0 Å². The van der Waals surface area contributed by atoms with Crippen LogP contribution in [0.3, 0.4) is 0 Å². The van der Waals surface area contributed by atoms with Crippen LogP contribution in [0.25, 0.3) is 10.9 Å². The summed E-state index contributed by atoms with van der Waals surface area (Å²) < 4.78 is 26.6. The number of anilines is 1. The van der Waals surface area contributed by atoms with Crippen LogP contribution in [-0.4, -0.2) is 16.1 Å². The van der Waals surface area contributed by atoms with E-state index in [2.05, 4.69) is 10.3 Å². The summed E-state index contributed by atoms with van der Waals surface area (Å²) in [5.41, 5.74) is 1.90. The molecule has 0 fully saturated rings. The minimum absolute atomic E-state index is 0.0403. The second-order valence-corrected chi connectivity index (χ2v) is 7.03. The monoisotopic (exact) mass is 358 g/mol. The van der Waals surface area contributed by atoms with Gasteiger partial charge in [0.2, 0.25) is 5.91 Å². The van der Waals surface area contributed by atoms with Gasteiger partial charge in [0.1, 0.15) is 11.6 Å². The first-order valence-electron chi connectivity index (χ1n) is 7.73. The normalized spacial score (nSPS) is 12.2. The highest BCUT2D eigenvalue weighted by Crippen LogP contribution is 2.27. The molecule has 25 heavy (non-hydrogen) atoms. The minimum atomic E-state index is -0.801. The van der Waals surface area contributed by atoms with Crippen molar-refractivity contribution in [2.24, 2.45) is 0 Å². The third-order valence-electron chi connectivity index (χ3n) is 3.76. The first-order chi connectivity index (χ1) is 11.9. The molecule has 0 saturated carbocycles. The Morgan fingerprint density at radius 1 is 1.16 bits per heavy atom. The predicted molar refractivity (Wildman–Crippen MR) is 96.8 cm³/mol. The fourth-order valence-electron chi connectivity index (χ4n) is 2.44. The van der Waals surface area contributed by atoms with Gasteiger partial charge in [-0.3, -0.25) is 4.79 Å². The van der Waals surface area contributed by atoms with E-state index in [9.17, 15) is 13.6 Å². The Kier molecular flexibility index (Phi) is 4.99. The largest absolute Gasteiger partial charge is 0.323 e. The number of nitrogens with zero attached hydrogens (tertiary/aromatic N) is 1. The van der Waals surface area contributed by atoms with Crippen molar-refractivity contribution in [3.8, 4) is 0 Å². The Morgan fingerprint density at radius 2 is 1.92 bits per heavy atom. The molecule has 3 rings (SSSR count). The van der Waals surface area contributed by atoms with Crippen molar-refractivity contribution >= 4 is 34.3 Å². The van der Waals surface area contributed by atoms with Crippen molar-refractivity contribution in [3.05, 3.63) is 65.7 Å². The van der Waals surface area contributed by atoms with Crippen LogP contribution < -0.4 is 5.32 Å². The van der Waals surface area contributed by atoms with E-state index in [1.54, 1.807) is 6.92 Å². The molecule has 0 saturated heterocycles. The average Bonchev–Trinajstić information content (AvgIpc) is 2.57. The van der Waals surface area contributed by atoms with E-state index < -0.39 is 16.9 Å². The number of aryl methyl sites for hydroxylation is 1. The SMILES string of the molecule is Cc1cc(SC(C)C(=O)Nc2ccc(F)cc2F)nc2ccccc12. The molecule has 3 aromatic rings. The number of para-hydroxylation sites is 1. The molecule has 0 radical (unpaired) electrons. The Balaban J connectivity index is 1.75. The van der Waals surface area contributed by atoms with Crippen LogP contribution in [0.4, 0.5) is 14.5 Å². The number of carbonyl (C=O) groups excluding carboxylic acids is 1. The fraction of sp³-hybridized carbons (Fsp3) is 0.158. The van der Waals surface area contributed by atoms with E-state index in [0.29, 0.717) is 0 Å². The second kappa shape index (κ2) is 7.19. The second-order valence-electron chi connectivity index (χ2n) is 5.67. The number of hydrogen-bond acceptors (Lipinski definition) is 3. The lowest BCUT2D eigenvalue weighted by Crippen LogP contribution is -2.23. The summed E-state index contributed by atoms with van der Waals surface area (Å²) in [7, 11) is 0. The van der Waals surface area contributed by atoms with Crippen LogP contribution in [0, 0.1) is 18.6 Å². The number of benzene rings is 2. The number of fused-ring (bicyclic) bond motifs is 1. The third kappa shape index (κ3) is 3.96. The van der Waals surface area contributed by atoms with Crippen molar-refractivity contribution in [1.82, 2.24) is 4.98 Å². The average molecular weight is 358 g/mol. The first kappa shape index (κ1) is 17.4. The molecular formula is C19H16F2N2OS. The van der Waals surface area contributed by atoms with E-state index >= 15 is 0 Å². The van der Waals surface area contributed by atoms with Gasteiger partial charge in [-0.05, 0) is 43.7 Å². The summed E-state index contributed by atoms with van der Waals surface area (Å²) in [5.74, 6) is -1.86. The lowest BCUT2D eigenvalue weighted by Gasteiger charge is -2.13. The van der Waals surface area contributed by atoms with E-state index in [0.717, 1.165) is 33.6 Å². The number of nitrogens with one attached hydrogen (secondary N) is 1. The first-order valence-corrected chi connectivity index (χ1v) is 8.61. The molecule has 2 aromatic carbocycles. The van der Waals surface area contributed by atoms with Gasteiger partial charge in [0.05, 0.1) is 21.5 Å². The van der Waals surface area contributed by atoms with Crippen LogP contribution in [0.5, 0.6) is 0 Å². The van der Waals surface area contributed by atoms with Crippen LogP contribution >= 0.6 is 11.8 Å². The maximum Gasteiger partial charge on any atom is 0.237 e. The molecule has 1 atom stereocenters. The van der Waals surface area contributed by atoms with E-state index in [4.69, 9.17) is 0 Å². The molecule has 0 spiro atoms. The highest BCUT2D eigenvalue weighted by molar-refractivity contribution is 8.00. The zero-order valence-electron chi connectivity index (χ0n) is 13.7. The zero-order chi connectivity index (χ0) is 18.0. The fourth-order valence-corrected chi connectivity index (χ4v) is 3.36. The number of amides is 1. The van der Waals surface area contributed by atoms with Crippen molar-refractivity contribution in [3.63, 3.8) is 0 Å².